The Morgan fingerprint density at radius 3 is 2.62 bits per heavy atom. The Morgan fingerprint density at radius 1 is 1.12 bits per heavy atom. The Kier molecular flexibility index (Phi) is 4.40. The third kappa shape index (κ3) is 3.05. The summed E-state index contributed by atoms with van der Waals surface area (Å²) >= 11 is 6.26. The van der Waals surface area contributed by atoms with Gasteiger partial charge in [0.2, 0.25) is 0 Å². The minimum atomic E-state index is -0.500. The first-order chi connectivity index (χ1) is 11.5. The number of aromatic nitrogens is 1. The maximum absolute atomic E-state index is 11.9. The Bertz CT molecular complexity index is 938. The highest BCUT2D eigenvalue weighted by atomic mass is 35.5. The second kappa shape index (κ2) is 6.49. The van der Waals surface area contributed by atoms with Gasteiger partial charge in [-0.3, -0.25) is 0 Å². The molecule has 5 heteroatoms. The van der Waals surface area contributed by atoms with Crippen molar-refractivity contribution in [3.63, 3.8) is 0 Å². The van der Waals surface area contributed by atoms with Gasteiger partial charge in [-0.05, 0) is 37.6 Å². The van der Waals surface area contributed by atoms with E-state index in [-0.39, 0.29) is 5.69 Å². The molecule has 0 saturated carbocycles. The van der Waals surface area contributed by atoms with Crippen molar-refractivity contribution in [1.82, 2.24) is 4.98 Å². The van der Waals surface area contributed by atoms with E-state index in [1.54, 1.807) is 12.1 Å². The van der Waals surface area contributed by atoms with Gasteiger partial charge < -0.3 is 10.1 Å². The number of pyridine rings is 1. The first-order valence-electron chi connectivity index (χ1n) is 7.51. The van der Waals surface area contributed by atoms with Gasteiger partial charge in [-0.15, -0.1) is 0 Å². The lowest BCUT2D eigenvalue weighted by molar-refractivity contribution is 0.0594. The number of nitrogens with one attached hydrogen (secondary N) is 1. The fraction of sp³-hybridized carbons (Fsp3) is 0.158. The molecule has 0 bridgehead atoms. The van der Waals surface area contributed by atoms with Crippen molar-refractivity contribution in [2.24, 2.45) is 0 Å². The average Bonchev–Trinajstić information content (AvgIpc) is 2.57. The molecule has 0 aliphatic heterocycles. The number of anilines is 2. The molecule has 0 aliphatic rings. The lowest BCUT2D eigenvalue weighted by Crippen LogP contribution is -2.06. The number of benzene rings is 2. The fourth-order valence-electron chi connectivity index (χ4n) is 2.62. The van der Waals surface area contributed by atoms with Crippen LogP contribution in [-0.2, 0) is 4.74 Å². The summed E-state index contributed by atoms with van der Waals surface area (Å²) in [6, 6.07) is 13.4. The zero-order valence-electron chi connectivity index (χ0n) is 13.7. The third-order valence-corrected chi connectivity index (χ3v) is 4.14. The monoisotopic (exact) mass is 340 g/mol. The van der Waals surface area contributed by atoms with Crippen LogP contribution in [0.15, 0.2) is 42.5 Å². The molecule has 0 spiro atoms. The lowest BCUT2D eigenvalue weighted by atomic mass is 10.1. The van der Waals surface area contributed by atoms with Crippen molar-refractivity contribution >= 4 is 39.8 Å². The second-order valence-electron chi connectivity index (χ2n) is 5.63. The van der Waals surface area contributed by atoms with E-state index in [0.717, 1.165) is 22.3 Å². The van der Waals surface area contributed by atoms with Gasteiger partial charge in [-0.1, -0.05) is 41.4 Å². The molecule has 4 nitrogen and oxygen atoms in total. The van der Waals surface area contributed by atoms with Gasteiger partial charge in [-0.25, -0.2) is 9.78 Å². The molecule has 3 aromatic rings. The Morgan fingerprint density at radius 2 is 1.92 bits per heavy atom. The lowest BCUT2D eigenvalue weighted by Gasteiger charge is -2.14. The minimum absolute atomic E-state index is 0.213. The molecule has 1 heterocycles. The Labute approximate surface area is 145 Å². The average molecular weight is 341 g/mol. The first-order valence-corrected chi connectivity index (χ1v) is 7.89. The smallest absolute Gasteiger partial charge is 0.356 e. The number of ether oxygens (including phenoxy) is 1. The fourth-order valence-corrected chi connectivity index (χ4v) is 2.84. The standard InChI is InChI=1S/C19H17ClN2O2/c1-11-7-8-15(12(2)9-11)21-16-10-17(19(23)24-3)22-18-13(16)5-4-6-14(18)20/h4-10H,1-3H3,(H,21,22). The number of aryl methyl sites for hydroxylation is 2. The minimum Gasteiger partial charge on any atom is -0.464 e. The summed E-state index contributed by atoms with van der Waals surface area (Å²) in [5, 5.41) is 4.71. The number of hydrogen-bond donors (Lipinski definition) is 1. The van der Waals surface area contributed by atoms with Crippen molar-refractivity contribution in [3.05, 3.63) is 64.3 Å². The molecule has 0 fully saturated rings. The van der Waals surface area contributed by atoms with Crippen molar-refractivity contribution in [2.75, 3.05) is 12.4 Å². The number of halogens is 1. The second-order valence-corrected chi connectivity index (χ2v) is 6.03. The van der Waals surface area contributed by atoms with E-state index in [0.29, 0.717) is 10.5 Å². The summed E-state index contributed by atoms with van der Waals surface area (Å²) in [6.07, 6.45) is 0. The summed E-state index contributed by atoms with van der Waals surface area (Å²) in [5.41, 5.74) is 4.80. The van der Waals surface area contributed by atoms with E-state index in [4.69, 9.17) is 16.3 Å². The highest BCUT2D eigenvalue weighted by molar-refractivity contribution is 6.35. The molecule has 0 radical (unpaired) electrons. The number of methoxy groups -OCH3 is 1. The van der Waals surface area contributed by atoms with Crippen molar-refractivity contribution in [1.29, 1.82) is 0 Å². The van der Waals surface area contributed by atoms with Crippen LogP contribution in [0.2, 0.25) is 5.02 Å². The topological polar surface area (TPSA) is 51.2 Å². The first kappa shape index (κ1) is 16.3. The van der Waals surface area contributed by atoms with Crippen LogP contribution < -0.4 is 5.32 Å². The number of carbonyl (C=O) groups is 1. The number of esters is 1. The van der Waals surface area contributed by atoms with E-state index in [1.807, 2.05) is 38.1 Å². The highest BCUT2D eigenvalue weighted by Gasteiger charge is 2.14. The molecule has 3 rings (SSSR count). The molecular weight excluding hydrogens is 324 g/mol. The summed E-state index contributed by atoms with van der Waals surface area (Å²) in [5.74, 6) is -0.500. The van der Waals surface area contributed by atoms with Crippen LogP contribution in [0, 0.1) is 13.8 Å². The maximum Gasteiger partial charge on any atom is 0.356 e. The van der Waals surface area contributed by atoms with Crippen molar-refractivity contribution in [2.45, 2.75) is 13.8 Å². The van der Waals surface area contributed by atoms with Crippen molar-refractivity contribution in [3.8, 4) is 0 Å². The van der Waals surface area contributed by atoms with Crippen LogP contribution in [0.5, 0.6) is 0 Å². The third-order valence-electron chi connectivity index (χ3n) is 3.84. The maximum atomic E-state index is 11.9. The molecule has 0 unspecified atom stereocenters. The van der Waals surface area contributed by atoms with Crippen LogP contribution in [-0.4, -0.2) is 18.1 Å². The van der Waals surface area contributed by atoms with Gasteiger partial charge in [0.1, 0.15) is 0 Å². The van der Waals surface area contributed by atoms with Crippen molar-refractivity contribution < 1.29 is 9.53 Å². The predicted molar refractivity (Wildman–Crippen MR) is 97.3 cm³/mol. The highest BCUT2D eigenvalue weighted by Crippen LogP contribution is 2.31. The van der Waals surface area contributed by atoms with Crippen LogP contribution in [0.25, 0.3) is 10.9 Å². The zero-order valence-corrected chi connectivity index (χ0v) is 14.4. The normalized spacial score (nSPS) is 10.7. The predicted octanol–water partition coefficient (Wildman–Crippen LogP) is 5.04. The number of nitrogens with zero attached hydrogens (tertiary/aromatic N) is 1. The van der Waals surface area contributed by atoms with Crippen LogP contribution >= 0.6 is 11.6 Å². The number of para-hydroxylation sites is 1. The van der Waals surface area contributed by atoms with Gasteiger partial charge in [0, 0.05) is 11.1 Å². The summed E-state index contributed by atoms with van der Waals surface area (Å²) in [7, 11) is 1.33. The summed E-state index contributed by atoms with van der Waals surface area (Å²) in [6.45, 7) is 4.08. The zero-order chi connectivity index (χ0) is 17.3. The van der Waals surface area contributed by atoms with Gasteiger partial charge in [0.25, 0.3) is 0 Å². The van der Waals surface area contributed by atoms with Crippen LogP contribution in [0.3, 0.4) is 0 Å². The van der Waals surface area contributed by atoms with Gasteiger partial charge >= 0.3 is 5.97 Å². The molecule has 0 aliphatic carbocycles. The van der Waals surface area contributed by atoms with E-state index >= 15 is 0 Å². The van der Waals surface area contributed by atoms with Gasteiger partial charge in [-0.2, -0.15) is 0 Å². The quantitative estimate of drug-likeness (QED) is 0.679. The van der Waals surface area contributed by atoms with Gasteiger partial charge in [0.15, 0.2) is 5.69 Å². The largest absolute Gasteiger partial charge is 0.464 e. The van der Waals surface area contributed by atoms with Gasteiger partial charge in [0.05, 0.1) is 23.3 Å². The molecule has 0 amide bonds. The molecular formula is C19H17ClN2O2. The van der Waals surface area contributed by atoms with Crippen LogP contribution in [0.1, 0.15) is 21.6 Å². The summed E-state index contributed by atoms with van der Waals surface area (Å²) in [4.78, 5) is 16.3. The molecule has 0 saturated heterocycles. The van der Waals surface area contributed by atoms with Crippen LogP contribution in [0.4, 0.5) is 11.4 Å². The molecule has 1 N–H and O–H groups in total. The molecule has 1 aromatic heterocycles. The molecule has 2 aromatic carbocycles. The SMILES string of the molecule is COC(=O)c1cc(Nc2ccc(C)cc2C)c2cccc(Cl)c2n1. The number of hydrogen-bond acceptors (Lipinski definition) is 4. The molecule has 0 atom stereocenters. The number of fused-ring (bicyclic) bond motifs is 1. The van der Waals surface area contributed by atoms with E-state index < -0.39 is 5.97 Å². The number of carbonyl (C=O) groups excluding carboxylic acids is 1. The Balaban J connectivity index is 2.18. The molecule has 122 valence electrons. The van der Waals surface area contributed by atoms with E-state index in [2.05, 4.69) is 16.4 Å². The van der Waals surface area contributed by atoms with E-state index in [1.165, 1.54) is 12.7 Å². The Hall–Kier alpha value is -2.59. The number of rotatable bonds is 3. The summed E-state index contributed by atoms with van der Waals surface area (Å²) < 4.78 is 4.80. The molecule has 24 heavy (non-hydrogen) atoms. The van der Waals surface area contributed by atoms with E-state index in [9.17, 15) is 4.79 Å².